The van der Waals surface area contributed by atoms with Gasteiger partial charge in [0.15, 0.2) is 4.77 Å². The van der Waals surface area contributed by atoms with Gasteiger partial charge in [0.2, 0.25) is 11.6 Å². The minimum Gasteiger partial charge on any atom is -0.494 e. The van der Waals surface area contributed by atoms with Gasteiger partial charge in [-0.25, -0.2) is 0 Å². The Labute approximate surface area is 199 Å². The summed E-state index contributed by atoms with van der Waals surface area (Å²) < 4.78 is 8.15. The van der Waals surface area contributed by atoms with Crippen molar-refractivity contribution in [3.63, 3.8) is 0 Å². The lowest BCUT2D eigenvalue weighted by Crippen LogP contribution is -2.23. The minimum absolute atomic E-state index is 0.0750. The number of nitrogens with zero attached hydrogens (tertiary/aromatic N) is 4. The minimum atomic E-state index is -0.594. The zero-order valence-corrected chi connectivity index (χ0v) is 19.1. The number of benzene rings is 3. The van der Waals surface area contributed by atoms with Gasteiger partial charge in [0, 0.05) is 5.02 Å². The maximum absolute atomic E-state index is 13.3. The Morgan fingerprint density at radius 3 is 2.18 bits per heavy atom. The molecule has 1 aromatic heterocycles. The number of azo groups is 1. The van der Waals surface area contributed by atoms with Gasteiger partial charge in [-0.1, -0.05) is 29.8 Å². The molecule has 9 heteroatoms. The van der Waals surface area contributed by atoms with Gasteiger partial charge in [-0.3, -0.25) is 13.9 Å². The largest absolute Gasteiger partial charge is 0.494 e. The predicted molar refractivity (Wildman–Crippen MR) is 131 cm³/mol. The molecule has 0 unspecified atom stereocenters. The zero-order valence-electron chi connectivity index (χ0n) is 17.6. The Balaban J connectivity index is 1.90. The smallest absolute Gasteiger partial charge is 0.290 e. The second kappa shape index (κ2) is 9.81. The van der Waals surface area contributed by atoms with Gasteiger partial charge in [0.05, 0.1) is 23.7 Å². The molecule has 3 aromatic carbocycles. The summed E-state index contributed by atoms with van der Waals surface area (Å²) >= 11 is 11.6. The Morgan fingerprint density at radius 2 is 1.55 bits per heavy atom. The van der Waals surface area contributed by atoms with Crippen LogP contribution in [-0.4, -0.2) is 20.8 Å². The number of aromatic nitrogens is 2. The summed E-state index contributed by atoms with van der Waals surface area (Å²) in [5, 5.41) is 19.8. The van der Waals surface area contributed by atoms with Crippen LogP contribution in [0.3, 0.4) is 0 Å². The highest BCUT2D eigenvalue weighted by atomic mass is 35.5. The molecule has 0 amide bonds. The van der Waals surface area contributed by atoms with Crippen LogP contribution >= 0.6 is 23.8 Å². The molecular formula is C24H19ClN4O3S. The van der Waals surface area contributed by atoms with Crippen molar-refractivity contribution in [2.45, 2.75) is 6.92 Å². The molecule has 0 bridgehead atoms. The molecule has 1 heterocycles. The summed E-state index contributed by atoms with van der Waals surface area (Å²) in [6.07, 6.45) is 0. The van der Waals surface area contributed by atoms with Gasteiger partial charge in [-0.15, -0.1) is 5.11 Å². The molecule has 7 nitrogen and oxygen atoms in total. The predicted octanol–water partition coefficient (Wildman–Crippen LogP) is 6.53. The van der Waals surface area contributed by atoms with E-state index < -0.39 is 11.4 Å². The fourth-order valence-corrected chi connectivity index (χ4v) is 3.69. The van der Waals surface area contributed by atoms with Crippen LogP contribution in [-0.2, 0) is 0 Å². The van der Waals surface area contributed by atoms with Gasteiger partial charge >= 0.3 is 0 Å². The highest BCUT2D eigenvalue weighted by Crippen LogP contribution is 2.30. The Morgan fingerprint density at radius 1 is 0.909 bits per heavy atom. The molecule has 0 saturated carbocycles. The first-order valence-corrected chi connectivity index (χ1v) is 10.8. The number of ether oxygens (including phenoxy) is 1. The van der Waals surface area contributed by atoms with E-state index in [9.17, 15) is 9.90 Å². The number of halogens is 1. The zero-order chi connectivity index (χ0) is 23.4. The highest BCUT2D eigenvalue weighted by molar-refractivity contribution is 7.71. The van der Waals surface area contributed by atoms with Crippen LogP contribution in [0.15, 0.2) is 93.9 Å². The average molecular weight is 479 g/mol. The van der Waals surface area contributed by atoms with E-state index in [-0.39, 0.29) is 10.5 Å². The van der Waals surface area contributed by atoms with Crippen LogP contribution in [0.5, 0.6) is 11.6 Å². The number of hydrogen-bond acceptors (Lipinski definition) is 6. The van der Waals surface area contributed by atoms with E-state index in [1.54, 1.807) is 72.8 Å². The highest BCUT2D eigenvalue weighted by Gasteiger charge is 2.19. The van der Waals surface area contributed by atoms with E-state index in [1.807, 2.05) is 13.0 Å². The van der Waals surface area contributed by atoms with Gasteiger partial charge in [-0.2, -0.15) is 5.11 Å². The number of rotatable bonds is 6. The lowest BCUT2D eigenvalue weighted by atomic mass is 10.3. The molecule has 0 saturated heterocycles. The molecule has 166 valence electrons. The van der Waals surface area contributed by atoms with Crippen molar-refractivity contribution in [1.29, 1.82) is 0 Å². The maximum atomic E-state index is 13.3. The third-order valence-electron chi connectivity index (χ3n) is 4.72. The molecule has 0 atom stereocenters. The fourth-order valence-electron chi connectivity index (χ4n) is 3.18. The summed E-state index contributed by atoms with van der Waals surface area (Å²) in [5.74, 6) is 0.274. The molecule has 33 heavy (non-hydrogen) atoms. The third kappa shape index (κ3) is 4.72. The van der Waals surface area contributed by atoms with Crippen LogP contribution in [0.2, 0.25) is 5.02 Å². The van der Waals surface area contributed by atoms with Crippen LogP contribution in [0.1, 0.15) is 6.92 Å². The van der Waals surface area contributed by atoms with E-state index in [2.05, 4.69) is 10.2 Å². The Hall–Kier alpha value is -3.75. The van der Waals surface area contributed by atoms with Gasteiger partial charge in [0.1, 0.15) is 5.75 Å². The summed E-state index contributed by atoms with van der Waals surface area (Å²) in [5.41, 5.74) is 0.695. The molecule has 0 spiro atoms. The van der Waals surface area contributed by atoms with E-state index in [1.165, 1.54) is 9.13 Å². The SMILES string of the molecule is CCOc1ccc(N=Nc2c(O)n(-c3ccc(Cl)cc3)c(=S)n(-c3ccccc3)c2=O)cc1. The van der Waals surface area contributed by atoms with Crippen molar-refractivity contribution in [2.24, 2.45) is 10.2 Å². The second-order valence-corrected chi connectivity index (χ2v) is 7.67. The lowest BCUT2D eigenvalue weighted by Gasteiger charge is -2.16. The maximum Gasteiger partial charge on any atom is 0.290 e. The van der Waals surface area contributed by atoms with Crippen LogP contribution in [0, 0.1) is 4.77 Å². The molecular weight excluding hydrogens is 460 g/mol. The van der Waals surface area contributed by atoms with Crippen molar-refractivity contribution in [2.75, 3.05) is 6.61 Å². The fraction of sp³-hybridized carbons (Fsp3) is 0.0833. The van der Waals surface area contributed by atoms with Crippen LogP contribution < -0.4 is 10.3 Å². The van der Waals surface area contributed by atoms with Crippen molar-refractivity contribution >= 4 is 35.2 Å². The quantitative estimate of drug-likeness (QED) is 0.252. The van der Waals surface area contributed by atoms with Crippen molar-refractivity contribution < 1.29 is 9.84 Å². The monoisotopic (exact) mass is 478 g/mol. The lowest BCUT2D eigenvalue weighted by molar-refractivity contribution is 0.340. The first-order valence-electron chi connectivity index (χ1n) is 10.1. The average Bonchev–Trinajstić information content (AvgIpc) is 2.82. The first kappa shape index (κ1) is 22.4. The molecule has 0 aliphatic carbocycles. The van der Waals surface area contributed by atoms with E-state index >= 15 is 0 Å². The third-order valence-corrected chi connectivity index (χ3v) is 5.34. The molecule has 0 radical (unpaired) electrons. The van der Waals surface area contributed by atoms with E-state index in [0.29, 0.717) is 34.4 Å². The number of para-hydroxylation sites is 1. The molecule has 4 aromatic rings. The first-order chi connectivity index (χ1) is 16.0. The molecule has 1 N–H and O–H groups in total. The summed E-state index contributed by atoms with van der Waals surface area (Å²) in [6, 6.07) is 22.5. The van der Waals surface area contributed by atoms with E-state index in [0.717, 1.165) is 0 Å². The van der Waals surface area contributed by atoms with Gasteiger partial charge in [0.25, 0.3) is 5.56 Å². The Bertz CT molecular complexity index is 1410. The normalized spacial score (nSPS) is 11.1. The number of hydrogen-bond donors (Lipinski definition) is 1. The van der Waals surface area contributed by atoms with Crippen molar-refractivity contribution in [3.8, 4) is 23.0 Å². The second-order valence-electron chi connectivity index (χ2n) is 6.87. The number of aromatic hydroxyl groups is 1. The van der Waals surface area contributed by atoms with Crippen LogP contribution in [0.4, 0.5) is 11.4 Å². The van der Waals surface area contributed by atoms with Crippen LogP contribution in [0.25, 0.3) is 11.4 Å². The van der Waals surface area contributed by atoms with Crippen molar-refractivity contribution in [1.82, 2.24) is 9.13 Å². The van der Waals surface area contributed by atoms with Crippen molar-refractivity contribution in [3.05, 3.63) is 99.0 Å². The Kier molecular flexibility index (Phi) is 6.67. The molecule has 0 aliphatic rings. The topological polar surface area (TPSA) is 81.1 Å². The summed E-state index contributed by atoms with van der Waals surface area (Å²) in [6.45, 7) is 2.44. The molecule has 0 fully saturated rings. The standard InChI is InChI=1S/C24H19ClN4O3S/c1-2-32-20-14-10-17(11-15-20)26-27-21-22(30)28(18-6-4-3-5-7-18)24(33)29(23(21)31)19-12-8-16(25)9-13-19/h3-15,31H,2H2,1H3. The van der Waals surface area contributed by atoms with Gasteiger partial charge < -0.3 is 9.84 Å². The van der Waals surface area contributed by atoms with Gasteiger partial charge in [-0.05, 0) is 79.8 Å². The van der Waals surface area contributed by atoms with E-state index in [4.69, 9.17) is 28.6 Å². The molecule has 0 aliphatic heterocycles. The summed E-state index contributed by atoms with van der Waals surface area (Å²) in [7, 11) is 0. The molecule has 4 rings (SSSR count). The summed E-state index contributed by atoms with van der Waals surface area (Å²) in [4.78, 5) is 13.3.